The number of nitrogens with one attached hydrogen (secondary N) is 2. The first kappa shape index (κ1) is 17.9. The number of rotatable bonds is 5. The highest BCUT2D eigenvalue weighted by Gasteiger charge is 2.45. The number of amides is 2. The summed E-state index contributed by atoms with van der Waals surface area (Å²) in [6.07, 6.45) is 1.88. The maximum atomic E-state index is 12.7. The number of carbonyl (C=O) groups is 2. The second-order valence-electron chi connectivity index (χ2n) is 6.55. The van der Waals surface area contributed by atoms with Gasteiger partial charge in [0.1, 0.15) is 0 Å². The van der Waals surface area contributed by atoms with Gasteiger partial charge in [-0.1, -0.05) is 34.1 Å². The maximum absolute atomic E-state index is 12.7. The van der Waals surface area contributed by atoms with Crippen molar-refractivity contribution < 1.29 is 9.59 Å². The number of carbonyl (C=O) groups excluding carboxylic acids is 2. The van der Waals surface area contributed by atoms with Crippen molar-refractivity contribution in [1.29, 1.82) is 0 Å². The van der Waals surface area contributed by atoms with Crippen LogP contribution < -0.4 is 10.6 Å². The zero-order chi connectivity index (χ0) is 18.9. The third-order valence-electron chi connectivity index (χ3n) is 4.65. The van der Waals surface area contributed by atoms with E-state index in [1.165, 1.54) is 11.3 Å². The third-order valence-corrected chi connectivity index (χ3v) is 6.05. The predicted molar refractivity (Wildman–Crippen MR) is 111 cm³/mol. The van der Waals surface area contributed by atoms with E-state index in [1.54, 1.807) is 30.3 Å². The fourth-order valence-corrected chi connectivity index (χ4v) is 3.86. The third kappa shape index (κ3) is 3.96. The van der Waals surface area contributed by atoms with Crippen LogP contribution in [-0.2, 0) is 5.54 Å². The summed E-state index contributed by atoms with van der Waals surface area (Å²) in [5.74, 6) is -0.249. The average Bonchev–Trinajstić information content (AvgIpc) is 3.23. The number of hydrogen-bond acceptors (Lipinski definition) is 3. The van der Waals surface area contributed by atoms with Gasteiger partial charge >= 0.3 is 0 Å². The SMILES string of the molecule is O=C(NC1(c2ccc(Br)cc2)CC1)c1ccc(NC(=O)c2cccs2)cc1. The summed E-state index contributed by atoms with van der Waals surface area (Å²) in [6, 6.07) is 18.7. The zero-order valence-corrected chi connectivity index (χ0v) is 16.8. The van der Waals surface area contributed by atoms with Crippen LogP contribution in [0, 0.1) is 0 Å². The van der Waals surface area contributed by atoms with Crippen LogP contribution in [0.1, 0.15) is 38.4 Å². The molecule has 6 heteroatoms. The Kier molecular flexibility index (Phi) is 4.85. The molecule has 4 rings (SSSR count). The van der Waals surface area contributed by atoms with E-state index in [4.69, 9.17) is 0 Å². The Balaban J connectivity index is 1.42. The summed E-state index contributed by atoms with van der Waals surface area (Å²) < 4.78 is 1.02. The molecule has 0 spiro atoms. The van der Waals surface area contributed by atoms with Crippen LogP contribution in [0.3, 0.4) is 0 Å². The summed E-state index contributed by atoms with van der Waals surface area (Å²) in [4.78, 5) is 25.4. The molecule has 2 N–H and O–H groups in total. The van der Waals surface area contributed by atoms with Gasteiger partial charge in [-0.25, -0.2) is 0 Å². The van der Waals surface area contributed by atoms with Crippen molar-refractivity contribution in [2.75, 3.05) is 5.32 Å². The van der Waals surface area contributed by atoms with Gasteiger partial charge in [0.2, 0.25) is 0 Å². The van der Waals surface area contributed by atoms with E-state index in [0.717, 1.165) is 22.9 Å². The molecule has 1 aliphatic rings. The Bertz CT molecular complexity index is 962. The number of hydrogen-bond donors (Lipinski definition) is 2. The van der Waals surface area contributed by atoms with Crippen molar-refractivity contribution in [2.45, 2.75) is 18.4 Å². The average molecular weight is 441 g/mol. The van der Waals surface area contributed by atoms with Gasteiger partial charge in [-0.3, -0.25) is 9.59 Å². The molecular weight excluding hydrogens is 424 g/mol. The number of benzene rings is 2. The molecule has 0 unspecified atom stereocenters. The van der Waals surface area contributed by atoms with E-state index in [2.05, 4.69) is 26.6 Å². The van der Waals surface area contributed by atoms with Crippen molar-refractivity contribution in [3.05, 3.63) is 86.5 Å². The fourth-order valence-electron chi connectivity index (χ4n) is 2.97. The van der Waals surface area contributed by atoms with Gasteiger partial charge in [0.05, 0.1) is 10.4 Å². The van der Waals surface area contributed by atoms with Crippen LogP contribution in [0.15, 0.2) is 70.5 Å². The van der Waals surface area contributed by atoms with E-state index < -0.39 is 0 Å². The van der Waals surface area contributed by atoms with Crippen LogP contribution in [0.5, 0.6) is 0 Å². The zero-order valence-electron chi connectivity index (χ0n) is 14.4. The first-order valence-corrected chi connectivity index (χ1v) is 10.3. The molecule has 0 aliphatic heterocycles. The summed E-state index contributed by atoms with van der Waals surface area (Å²) in [5.41, 5.74) is 2.11. The molecular formula is C21H17BrN2O2S. The summed E-state index contributed by atoms with van der Waals surface area (Å²) >= 11 is 4.83. The summed E-state index contributed by atoms with van der Waals surface area (Å²) in [6.45, 7) is 0. The summed E-state index contributed by atoms with van der Waals surface area (Å²) in [5, 5.41) is 7.86. The number of halogens is 1. The Morgan fingerprint density at radius 1 is 0.926 bits per heavy atom. The minimum atomic E-state index is -0.260. The van der Waals surface area contributed by atoms with E-state index in [0.29, 0.717) is 16.1 Å². The lowest BCUT2D eigenvalue weighted by atomic mass is 10.0. The molecule has 0 saturated heterocycles. The van der Waals surface area contributed by atoms with Gasteiger partial charge in [0.25, 0.3) is 11.8 Å². The number of anilines is 1. The number of thiophene rings is 1. The molecule has 2 aromatic carbocycles. The van der Waals surface area contributed by atoms with Crippen LogP contribution in [0.2, 0.25) is 0 Å². The summed E-state index contributed by atoms with van der Waals surface area (Å²) in [7, 11) is 0. The van der Waals surface area contributed by atoms with E-state index in [-0.39, 0.29) is 17.4 Å². The molecule has 1 heterocycles. The Hall–Kier alpha value is -2.44. The van der Waals surface area contributed by atoms with Crippen LogP contribution in [-0.4, -0.2) is 11.8 Å². The highest BCUT2D eigenvalue weighted by atomic mass is 79.9. The molecule has 3 aromatic rings. The fraction of sp³-hybridized carbons (Fsp3) is 0.143. The molecule has 0 bridgehead atoms. The lowest BCUT2D eigenvalue weighted by Crippen LogP contribution is -2.34. The van der Waals surface area contributed by atoms with E-state index in [9.17, 15) is 9.59 Å². The molecule has 0 atom stereocenters. The Morgan fingerprint density at radius 2 is 1.63 bits per heavy atom. The lowest BCUT2D eigenvalue weighted by Gasteiger charge is -2.18. The minimum absolute atomic E-state index is 0.105. The monoisotopic (exact) mass is 440 g/mol. The highest BCUT2D eigenvalue weighted by molar-refractivity contribution is 9.10. The molecule has 27 heavy (non-hydrogen) atoms. The predicted octanol–water partition coefficient (Wildman–Crippen LogP) is 5.18. The van der Waals surface area contributed by atoms with Crippen LogP contribution in [0.25, 0.3) is 0 Å². The first-order chi connectivity index (χ1) is 13.1. The first-order valence-electron chi connectivity index (χ1n) is 8.59. The maximum Gasteiger partial charge on any atom is 0.265 e. The molecule has 1 saturated carbocycles. The van der Waals surface area contributed by atoms with Crippen LogP contribution >= 0.6 is 27.3 Å². The highest BCUT2D eigenvalue weighted by Crippen LogP contribution is 2.45. The molecule has 0 radical (unpaired) electrons. The second-order valence-corrected chi connectivity index (χ2v) is 8.42. The Morgan fingerprint density at radius 3 is 2.22 bits per heavy atom. The molecule has 1 aliphatic carbocycles. The van der Waals surface area contributed by atoms with Gasteiger partial charge in [0, 0.05) is 15.7 Å². The van der Waals surface area contributed by atoms with E-state index >= 15 is 0 Å². The Labute approximate surface area is 169 Å². The van der Waals surface area contributed by atoms with E-state index in [1.807, 2.05) is 35.7 Å². The van der Waals surface area contributed by atoms with Gasteiger partial charge < -0.3 is 10.6 Å². The van der Waals surface area contributed by atoms with Crippen molar-refractivity contribution in [1.82, 2.24) is 5.32 Å². The smallest absolute Gasteiger partial charge is 0.265 e. The standard InChI is InChI=1S/C21H17BrN2O2S/c22-16-7-5-15(6-8-16)21(11-12-21)24-19(25)14-3-9-17(10-4-14)23-20(26)18-2-1-13-27-18/h1-10,13H,11-12H2,(H,23,26)(H,24,25). The van der Waals surface area contributed by atoms with Gasteiger partial charge in [-0.2, -0.15) is 0 Å². The molecule has 2 amide bonds. The van der Waals surface area contributed by atoms with Crippen molar-refractivity contribution >= 4 is 44.8 Å². The van der Waals surface area contributed by atoms with Gasteiger partial charge in [-0.15, -0.1) is 11.3 Å². The normalized spacial score (nSPS) is 14.4. The van der Waals surface area contributed by atoms with Crippen molar-refractivity contribution in [3.8, 4) is 0 Å². The van der Waals surface area contributed by atoms with Crippen molar-refractivity contribution in [3.63, 3.8) is 0 Å². The largest absolute Gasteiger partial charge is 0.343 e. The van der Waals surface area contributed by atoms with Crippen LogP contribution in [0.4, 0.5) is 5.69 Å². The topological polar surface area (TPSA) is 58.2 Å². The lowest BCUT2D eigenvalue weighted by molar-refractivity contribution is 0.0930. The quantitative estimate of drug-likeness (QED) is 0.573. The molecule has 1 aromatic heterocycles. The minimum Gasteiger partial charge on any atom is -0.343 e. The second kappa shape index (κ2) is 7.29. The van der Waals surface area contributed by atoms with Gasteiger partial charge in [-0.05, 0) is 66.2 Å². The molecule has 4 nitrogen and oxygen atoms in total. The molecule has 1 fully saturated rings. The van der Waals surface area contributed by atoms with Gasteiger partial charge in [0.15, 0.2) is 0 Å². The van der Waals surface area contributed by atoms with Crippen molar-refractivity contribution in [2.24, 2.45) is 0 Å². The molecule has 136 valence electrons.